The van der Waals surface area contributed by atoms with Crippen molar-refractivity contribution in [2.45, 2.75) is 19.3 Å². The highest BCUT2D eigenvalue weighted by atomic mass is 31.2. The van der Waals surface area contributed by atoms with Gasteiger partial charge in [-0.1, -0.05) is 38.1 Å². The second-order valence-electron chi connectivity index (χ2n) is 7.36. The third kappa shape index (κ3) is 10.7. The topological polar surface area (TPSA) is 199 Å². The Morgan fingerprint density at radius 3 is 1.03 bits per heavy atom. The normalized spacial score (nSPS) is 11.6. The molecule has 0 spiro atoms. The first-order valence-electron chi connectivity index (χ1n) is 9.05. The zero-order valence-corrected chi connectivity index (χ0v) is 18.2. The smallest absolute Gasteiger partial charge is 0.466 e. The average molecular weight is 462 g/mol. The summed E-state index contributed by atoms with van der Waals surface area (Å²) in [5.41, 5.74) is 0.989. The third-order valence-corrected chi connectivity index (χ3v) is 4.52. The number of hydrogen-bond donors (Lipinski definition) is 9. The molecule has 31 heavy (non-hydrogen) atoms. The molecule has 0 aliphatic rings. The van der Waals surface area contributed by atoms with Crippen molar-refractivity contribution in [2.24, 2.45) is 5.41 Å². The van der Waals surface area contributed by atoms with E-state index in [2.05, 4.69) is 13.8 Å². The Morgan fingerprint density at radius 2 is 0.871 bits per heavy atom. The monoisotopic (exact) mass is 462 g/mol. The second-order valence-corrected chi connectivity index (χ2v) is 8.39. The van der Waals surface area contributed by atoms with Gasteiger partial charge in [-0.2, -0.15) is 0 Å². The van der Waals surface area contributed by atoms with Gasteiger partial charge in [0.05, 0.1) is 31.8 Å². The molecule has 0 bridgehead atoms. The highest BCUT2D eigenvalue weighted by Crippen LogP contribution is 2.32. The lowest BCUT2D eigenvalue weighted by Crippen LogP contribution is -2.37. The van der Waals surface area contributed by atoms with Crippen LogP contribution >= 0.6 is 7.82 Å². The highest BCUT2D eigenvalue weighted by molar-refractivity contribution is 7.45. The predicted molar refractivity (Wildman–Crippen MR) is 113 cm³/mol. The van der Waals surface area contributed by atoms with Crippen LogP contribution < -0.4 is 0 Å². The van der Waals surface area contributed by atoms with E-state index in [-0.39, 0.29) is 16.9 Å². The number of hydrogen-bond acceptors (Lipinski definition) is 7. The Hall–Kier alpha value is -2.01. The summed E-state index contributed by atoms with van der Waals surface area (Å²) in [7, 11) is -4.64. The minimum Gasteiger partial charge on any atom is -0.508 e. The molecule has 0 aromatic heterocycles. The lowest BCUT2D eigenvalue weighted by atomic mass is 9.78. The molecule has 9 N–H and O–H groups in total. The van der Waals surface area contributed by atoms with E-state index in [9.17, 15) is 10.2 Å². The van der Waals surface area contributed by atoms with E-state index in [1.807, 2.05) is 24.3 Å². The number of rotatable bonds is 6. The number of phenols is 2. The van der Waals surface area contributed by atoms with E-state index >= 15 is 0 Å². The van der Waals surface area contributed by atoms with Crippen LogP contribution in [0.4, 0.5) is 0 Å². The van der Waals surface area contributed by atoms with Gasteiger partial charge in [-0.25, -0.2) is 4.57 Å². The first-order valence-corrected chi connectivity index (χ1v) is 10.6. The summed E-state index contributed by atoms with van der Waals surface area (Å²) < 4.78 is 8.88. The van der Waals surface area contributed by atoms with E-state index in [0.717, 1.165) is 11.1 Å². The van der Waals surface area contributed by atoms with Crippen LogP contribution in [-0.2, 0) is 9.98 Å². The molecular weight excluding hydrogens is 431 g/mol. The van der Waals surface area contributed by atoms with E-state index in [1.54, 1.807) is 24.3 Å². The van der Waals surface area contributed by atoms with Crippen molar-refractivity contribution in [3.05, 3.63) is 59.7 Å². The number of aliphatic hydroxyl groups excluding tert-OH is 4. The van der Waals surface area contributed by atoms with Gasteiger partial charge in [0.25, 0.3) is 0 Å². The molecule has 11 heteroatoms. The fourth-order valence-corrected chi connectivity index (χ4v) is 2.22. The van der Waals surface area contributed by atoms with Gasteiger partial charge in [0.2, 0.25) is 0 Å². The Kier molecular flexibility index (Phi) is 11.9. The summed E-state index contributed by atoms with van der Waals surface area (Å²) in [4.78, 5) is 21.6. The average Bonchev–Trinajstić information content (AvgIpc) is 2.70. The van der Waals surface area contributed by atoms with Crippen molar-refractivity contribution in [1.29, 1.82) is 0 Å². The Bertz CT molecular complexity index is 722. The fourth-order valence-electron chi connectivity index (χ4n) is 2.22. The first-order chi connectivity index (χ1) is 14.2. The lowest BCUT2D eigenvalue weighted by molar-refractivity contribution is -0.0328. The highest BCUT2D eigenvalue weighted by Gasteiger charge is 2.26. The molecule has 2 aromatic carbocycles. The molecule has 0 aliphatic heterocycles. The van der Waals surface area contributed by atoms with Gasteiger partial charge in [0, 0.05) is 5.41 Å². The third-order valence-electron chi connectivity index (χ3n) is 4.52. The Balaban J connectivity index is 0.000000541. The lowest BCUT2D eigenvalue weighted by Gasteiger charge is -2.26. The van der Waals surface area contributed by atoms with E-state index in [0.29, 0.717) is 0 Å². The van der Waals surface area contributed by atoms with Crippen molar-refractivity contribution in [1.82, 2.24) is 0 Å². The van der Waals surface area contributed by atoms with Gasteiger partial charge < -0.3 is 45.3 Å². The Labute approximate surface area is 180 Å². The van der Waals surface area contributed by atoms with Crippen LogP contribution in [-0.4, -0.2) is 71.7 Å². The molecule has 0 heterocycles. The summed E-state index contributed by atoms with van der Waals surface area (Å²) in [6.45, 7) is 2.61. The van der Waals surface area contributed by atoms with Gasteiger partial charge in [0.15, 0.2) is 0 Å². The molecule has 0 unspecified atom stereocenters. The van der Waals surface area contributed by atoms with Crippen LogP contribution in [0.25, 0.3) is 0 Å². The van der Waals surface area contributed by atoms with Crippen LogP contribution in [0.3, 0.4) is 0 Å². The summed E-state index contributed by atoms with van der Waals surface area (Å²) in [6, 6.07) is 14.4. The summed E-state index contributed by atoms with van der Waals surface area (Å²) in [6.07, 6.45) is 0. The number of aliphatic hydroxyl groups is 4. The summed E-state index contributed by atoms with van der Waals surface area (Å²) >= 11 is 0. The summed E-state index contributed by atoms with van der Waals surface area (Å²) in [5, 5.41) is 52.6. The van der Waals surface area contributed by atoms with Gasteiger partial charge >= 0.3 is 7.82 Å². The molecule has 0 saturated carbocycles. The van der Waals surface area contributed by atoms with Crippen molar-refractivity contribution < 1.29 is 49.9 Å². The van der Waals surface area contributed by atoms with Crippen LogP contribution in [0.2, 0.25) is 0 Å². The molecule has 0 radical (unpaired) electrons. The molecule has 176 valence electrons. The maximum absolute atomic E-state index is 9.30. The zero-order chi connectivity index (χ0) is 24.3. The van der Waals surface area contributed by atoms with Crippen LogP contribution in [0.5, 0.6) is 11.5 Å². The standard InChI is InChI=1S/C15H16O2.C5H12O4.H3O4P/c1-15(2,11-3-7-13(16)8-4-11)12-5-9-14(17)10-6-12;6-1-5(2-7,3-8)4-9;1-5(2,3)4/h3-10,16-17H,1-2H3;6-9H,1-4H2;(H3,1,2,3,4). The van der Waals surface area contributed by atoms with Crippen LogP contribution in [0.15, 0.2) is 48.5 Å². The van der Waals surface area contributed by atoms with Crippen molar-refractivity contribution >= 4 is 7.82 Å². The predicted octanol–water partition coefficient (Wildman–Crippen LogP) is 0.437. The Morgan fingerprint density at radius 1 is 0.645 bits per heavy atom. The number of aromatic hydroxyl groups is 2. The molecule has 2 rings (SSSR count). The molecule has 0 amide bonds. The molecular formula is C20H31O10P. The minimum atomic E-state index is -4.64. The summed E-state index contributed by atoms with van der Waals surface area (Å²) in [5.74, 6) is 0.547. The first kappa shape index (κ1) is 29.0. The number of phosphoric acid groups is 1. The molecule has 10 nitrogen and oxygen atoms in total. The molecule has 0 saturated heterocycles. The van der Waals surface area contributed by atoms with Gasteiger partial charge in [0.1, 0.15) is 11.5 Å². The van der Waals surface area contributed by atoms with E-state index in [4.69, 9.17) is 39.7 Å². The maximum atomic E-state index is 9.30. The van der Waals surface area contributed by atoms with Crippen molar-refractivity contribution in [3.8, 4) is 11.5 Å². The molecule has 0 aliphatic carbocycles. The molecule has 0 atom stereocenters. The quantitative estimate of drug-likeness (QED) is 0.271. The van der Waals surface area contributed by atoms with Crippen molar-refractivity contribution in [3.63, 3.8) is 0 Å². The largest absolute Gasteiger partial charge is 0.508 e. The zero-order valence-electron chi connectivity index (χ0n) is 17.3. The minimum absolute atomic E-state index is 0.151. The van der Waals surface area contributed by atoms with E-state index < -0.39 is 39.7 Å². The number of benzene rings is 2. The maximum Gasteiger partial charge on any atom is 0.466 e. The second kappa shape index (κ2) is 12.7. The fraction of sp³-hybridized carbons (Fsp3) is 0.400. The van der Waals surface area contributed by atoms with Gasteiger partial charge in [-0.3, -0.25) is 0 Å². The van der Waals surface area contributed by atoms with Crippen LogP contribution in [0.1, 0.15) is 25.0 Å². The van der Waals surface area contributed by atoms with Gasteiger partial charge in [-0.15, -0.1) is 0 Å². The molecule has 0 fully saturated rings. The van der Waals surface area contributed by atoms with Crippen LogP contribution in [0, 0.1) is 5.41 Å². The SMILES string of the molecule is CC(C)(c1ccc(O)cc1)c1ccc(O)cc1.O=P(O)(O)O.OCC(CO)(CO)CO. The van der Waals surface area contributed by atoms with Crippen molar-refractivity contribution in [2.75, 3.05) is 26.4 Å². The molecule has 2 aromatic rings. The van der Waals surface area contributed by atoms with Gasteiger partial charge in [-0.05, 0) is 35.4 Å². The van der Waals surface area contributed by atoms with E-state index in [1.165, 1.54) is 0 Å². The number of phenolic OH excluding ortho intramolecular Hbond substituents is 2.